The molecular weight excluding hydrogens is 306 g/mol. The zero-order chi connectivity index (χ0) is 15.9. The van der Waals surface area contributed by atoms with E-state index in [2.05, 4.69) is 10.6 Å². The molecule has 0 spiro atoms. The molecule has 2 aliphatic rings. The van der Waals surface area contributed by atoms with Crippen LogP contribution in [0.15, 0.2) is 0 Å². The number of hydrogen-bond donors (Lipinski definition) is 2. The number of nitrogens with one attached hydrogen (secondary N) is 2. The summed E-state index contributed by atoms with van der Waals surface area (Å²) in [6.45, 7) is 0.197. The van der Waals surface area contributed by atoms with E-state index in [1.807, 2.05) is 0 Å². The maximum atomic E-state index is 11.8. The number of imide groups is 1. The average molecular weight is 327 g/mol. The van der Waals surface area contributed by atoms with Crippen molar-refractivity contribution < 1.29 is 19.2 Å². The van der Waals surface area contributed by atoms with Crippen molar-refractivity contribution in [2.45, 2.75) is 44.6 Å². The van der Waals surface area contributed by atoms with Gasteiger partial charge in [0.05, 0.1) is 5.75 Å². The lowest BCUT2D eigenvalue weighted by Gasteiger charge is -2.16. The number of hydrogen-bond acceptors (Lipinski definition) is 5. The summed E-state index contributed by atoms with van der Waals surface area (Å²) in [5.41, 5.74) is 0. The van der Waals surface area contributed by atoms with Crippen LogP contribution in [0.4, 0.5) is 4.79 Å². The molecule has 1 heterocycles. The van der Waals surface area contributed by atoms with Crippen LogP contribution in [0.1, 0.15) is 38.5 Å². The highest BCUT2D eigenvalue weighted by Gasteiger charge is 2.29. The molecule has 1 saturated heterocycles. The largest absolute Gasteiger partial charge is 0.346 e. The first-order valence-corrected chi connectivity index (χ1v) is 8.62. The quantitative estimate of drug-likeness (QED) is 0.583. The lowest BCUT2D eigenvalue weighted by atomic mass is 10.1. The molecule has 0 aromatic carbocycles. The summed E-state index contributed by atoms with van der Waals surface area (Å²) in [6, 6.07) is 0.0684. The summed E-state index contributed by atoms with van der Waals surface area (Å²) >= 11 is 0.949. The van der Waals surface area contributed by atoms with E-state index in [9.17, 15) is 19.2 Å². The Bertz CT molecular complexity index is 445. The molecule has 22 heavy (non-hydrogen) atoms. The molecule has 7 nitrogen and oxygen atoms in total. The number of rotatable bonds is 4. The summed E-state index contributed by atoms with van der Waals surface area (Å²) < 4.78 is 0. The molecule has 4 amide bonds. The van der Waals surface area contributed by atoms with Crippen LogP contribution in [0, 0.1) is 0 Å². The summed E-state index contributed by atoms with van der Waals surface area (Å²) in [5, 5.41) is 4.90. The highest BCUT2D eigenvalue weighted by molar-refractivity contribution is 8.14. The zero-order valence-corrected chi connectivity index (χ0v) is 13.2. The molecule has 0 aromatic rings. The van der Waals surface area contributed by atoms with E-state index in [4.69, 9.17) is 0 Å². The second kappa shape index (κ2) is 8.17. The van der Waals surface area contributed by atoms with E-state index in [0.29, 0.717) is 0 Å². The molecular formula is C14H21N3O4S. The molecule has 0 aromatic heterocycles. The van der Waals surface area contributed by atoms with Gasteiger partial charge in [0, 0.05) is 19.1 Å². The van der Waals surface area contributed by atoms with E-state index in [0.717, 1.165) is 42.3 Å². The first-order valence-electron chi connectivity index (χ1n) is 7.64. The van der Waals surface area contributed by atoms with Crippen LogP contribution in [-0.4, -0.2) is 52.7 Å². The fraction of sp³-hybridized carbons (Fsp3) is 0.714. The monoisotopic (exact) mass is 327 g/mol. The van der Waals surface area contributed by atoms with Crippen LogP contribution >= 0.6 is 11.8 Å². The second-order valence-corrected chi connectivity index (χ2v) is 6.44. The molecule has 8 heteroatoms. The third kappa shape index (κ3) is 4.72. The maximum absolute atomic E-state index is 11.8. The summed E-state index contributed by atoms with van der Waals surface area (Å²) in [5.74, 6) is -1.46. The summed E-state index contributed by atoms with van der Waals surface area (Å²) in [4.78, 5) is 47.4. The van der Waals surface area contributed by atoms with Crippen LogP contribution in [0.2, 0.25) is 0 Å². The third-order valence-electron chi connectivity index (χ3n) is 3.86. The van der Waals surface area contributed by atoms with Gasteiger partial charge < -0.3 is 10.6 Å². The molecule has 1 aliphatic carbocycles. The average Bonchev–Trinajstić information content (AvgIpc) is 2.71. The van der Waals surface area contributed by atoms with Crippen LogP contribution < -0.4 is 10.6 Å². The van der Waals surface area contributed by atoms with E-state index in [1.165, 1.54) is 12.8 Å². The normalized spacial score (nSPS) is 19.9. The van der Waals surface area contributed by atoms with E-state index in [-0.39, 0.29) is 36.0 Å². The Morgan fingerprint density at radius 1 is 1.09 bits per heavy atom. The van der Waals surface area contributed by atoms with Crippen molar-refractivity contribution in [2.24, 2.45) is 0 Å². The maximum Gasteiger partial charge on any atom is 0.309 e. The predicted molar refractivity (Wildman–Crippen MR) is 82.2 cm³/mol. The molecule has 2 N–H and O–H groups in total. The van der Waals surface area contributed by atoms with Crippen LogP contribution in [0.3, 0.4) is 0 Å². The number of carbonyl (C=O) groups is 4. The number of carbonyl (C=O) groups excluding carboxylic acids is 4. The molecule has 1 saturated carbocycles. The van der Waals surface area contributed by atoms with E-state index < -0.39 is 11.8 Å². The van der Waals surface area contributed by atoms with Crippen molar-refractivity contribution in [3.63, 3.8) is 0 Å². The minimum Gasteiger partial charge on any atom is -0.346 e. The van der Waals surface area contributed by atoms with Gasteiger partial charge >= 0.3 is 11.8 Å². The van der Waals surface area contributed by atoms with Crippen LogP contribution in [0.5, 0.6) is 0 Å². The standard InChI is InChI=1S/C14H21N3O4S/c18-11-9-22-14(21)17(11)8-7-15-12(19)13(20)16-10-5-3-1-2-4-6-10/h10H,1-9H2,(H,15,19)(H,16,20). The second-order valence-electron chi connectivity index (χ2n) is 5.52. The molecule has 0 unspecified atom stereocenters. The fourth-order valence-corrected chi connectivity index (χ4v) is 3.39. The van der Waals surface area contributed by atoms with Gasteiger partial charge in [-0.2, -0.15) is 0 Å². The van der Waals surface area contributed by atoms with Crippen molar-refractivity contribution in [2.75, 3.05) is 18.8 Å². The lowest BCUT2D eigenvalue weighted by molar-refractivity contribution is -0.139. The molecule has 0 radical (unpaired) electrons. The number of nitrogens with zero attached hydrogens (tertiary/aromatic N) is 1. The smallest absolute Gasteiger partial charge is 0.309 e. The molecule has 1 aliphatic heterocycles. The number of amides is 4. The van der Waals surface area contributed by atoms with Gasteiger partial charge in [0.15, 0.2) is 0 Å². The third-order valence-corrected chi connectivity index (χ3v) is 4.72. The van der Waals surface area contributed by atoms with Gasteiger partial charge in [0.25, 0.3) is 5.24 Å². The topological polar surface area (TPSA) is 95.6 Å². The van der Waals surface area contributed by atoms with Crippen LogP contribution in [0.25, 0.3) is 0 Å². The Labute approximate surface area is 133 Å². The van der Waals surface area contributed by atoms with Crippen LogP contribution in [-0.2, 0) is 14.4 Å². The van der Waals surface area contributed by atoms with Gasteiger partial charge in [-0.05, 0) is 12.8 Å². The van der Waals surface area contributed by atoms with E-state index in [1.54, 1.807) is 0 Å². The van der Waals surface area contributed by atoms with Gasteiger partial charge in [-0.3, -0.25) is 24.1 Å². The Balaban J connectivity index is 1.68. The van der Waals surface area contributed by atoms with Crippen molar-refractivity contribution in [1.82, 2.24) is 15.5 Å². The minimum atomic E-state index is -0.712. The zero-order valence-electron chi connectivity index (χ0n) is 12.4. The van der Waals surface area contributed by atoms with Crippen molar-refractivity contribution in [1.29, 1.82) is 0 Å². The summed E-state index contributed by atoms with van der Waals surface area (Å²) in [6.07, 6.45) is 6.32. The Morgan fingerprint density at radius 2 is 1.77 bits per heavy atom. The van der Waals surface area contributed by atoms with Gasteiger partial charge in [-0.25, -0.2) is 0 Å². The highest BCUT2D eigenvalue weighted by atomic mass is 32.2. The van der Waals surface area contributed by atoms with Crippen molar-refractivity contribution in [3.8, 4) is 0 Å². The van der Waals surface area contributed by atoms with Gasteiger partial charge in [-0.1, -0.05) is 37.4 Å². The molecule has 122 valence electrons. The van der Waals surface area contributed by atoms with Gasteiger partial charge in [-0.15, -0.1) is 0 Å². The Hall–Kier alpha value is -1.57. The molecule has 2 rings (SSSR count). The lowest BCUT2D eigenvalue weighted by Crippen LogP contribution is -2.46. The molecule has 2 fully saturated rings. The number of thioether (sulfide) groups is 1. The van der Waals surface area contributed by atoms with Crippen molar-refractivity contribution >= 4 is 34.7 Å². The predicted octanol–water partition coefficient (Wildman–Crippen LogP) is 0.637. The summed E-state index contributed by atoms with van der Waals surface area (Å²) in [7, 11) is 0. The first kappa shape index (κ1) is 16.8. The molecule has 0 atom stereocenters. The molecule has 0 bridgehead atoms. The van der Waals surface area contributed by atoms with Gasteiger partial charge in [0.1, 0.15) is 0 Å². The Kier molecular flexibility index (Phi) is 6.23. The highest BCUT2D eigenvalue weighted by Crippen LogP contribution is 2.18. The minimum absolute atomic E-state index is 0.0684. The first-order chi connectivity index (χ1) is 10.6. The van der Waals surface area contributed by atoms with Gasteiger partial charge in [0.2, 0.25) is 5.91 Å². The van der Waals surface area contributed by atoms with Crippen molar-refractivity contribution in [3.05, 3.63) is 0 Å². The fourth-order valence-electron chi connectivity index (χ4n) is 2.63. The SMILES string of the molecule is O=C(NCCN1C(=O)CSC1=O)C(=O)NC1CCCCCC1. The Morgan fingerprint density at radius 3 is 2.36 bits per heavy atom. The van der Waals surface area contributed by atoms with E-state index >= 15 is 0 Å².